The number of aromatic amines is 1. The van der Waals surface area contributed by atoms with E-state index in [4.69, 9.17) is 9.47 Å². The van der Waals surface area contributed by atoms with E-state index >= 15 is 0 Å². The van der Waals surface area contributed by atoms with Gasteiger partial charge in [-0.1, -0.05) is 63.4 Å². The van der Waals surface area contributed by atoms with Gasteiger partial charge in [0, 0.05) is 40.7 Å². The minimum absolute atomic E-state index is 0.359. The third-order valence-corrected chi connectivity index (χ3v) is 11.3. The highest BCUT2D eigenvalue weighted by atomic mass is 32.2. The van der Waals surface area contributed by atoms with Gasteiger partial charge in [0.25, 0.3) is 0 Å². The summed E-state index contributed by atoms with van der Waals surface area (Å²) >= 11 is 5.85. The smallest absolute Gasteiger partial charge is 0.325 e. The molecule has 4 aromatic heterocycles. The lowest BCUT2D eigenvalue weighted by Gasteiger charge is -2.14. The molecule has 57 heavy (non-hydrogen) atoms. The van der Waals surface area contributed by atoms with Gasteiger partial charge in [0.15, 0.2) is 15.4 Å². The molecule has 0 radical (unpaired) electrons. The second-order valence-electron chi connectivity index (χ2n) is 13.3. The second-order valence-corrected chi connectivity index (χ2v) is 17.4. The van der Waals surface area contributed by atoms with Crippen LogP contribution in [0, 0.1) is 25.7 Å². The Hall–Kier alpha value is -5.25. The van der Waals surface area contributed by atoms with Crippen molar-refractivity contribution in [1.82, 2.24) is 45.4 Å². The zero-order valence-corrected chi connectivity index (χ0v) is 35.8. The van der Waals surface area contributed by atoms with E-state index in [1.165, 1.54) is 52.5 Å². The Morgan fingerprint density at radius 1 is 0.772 bits per heavy atom. The molecule has 6 aromatic rings. The van der Waals surface area contributed by atoms with Crippen molar-refractivity contribution in [3.05, 3.63) is 76.0 Å². The maximum Gasteiger partial charge on any atom is 0.325 e. The number of tetrazole rings is 1. The molecule has 0 fully saturated rings. The molecule has 0 bridgehead atoms. The van der Waals surface area contributed by atoms with Crippen molar-refractivity contribution in [1.29, 1.82) is 0 Å². The highest BCUT2D eigenvalue weighted by Gasteiger charge is 2.14. The Morgan fingerprint density at radius 3 is 1.75 bits per heavy atom. The van der Waals surface area contributed by atoms with Crippen LogP contribution in [-0.2, 0) is 18.6 Å². The average Bonchev–Trinajstić information content (AvgIpc) is 4.00. The van der Waals surface area contributed by atoms with Crippen molar-refractivity contribution in [3.63, 3.8) is 0 Å². The van der Waals surface area contributed by atoms with Crippen molar-refractivity contribution in [2.75, 3.05) is 34.5 Å². The molecule has 0 spiro atoms. The summed E-state index contributed by atoms with van der Waals surface area (Å²) in [7, 11) is 1.79. The number of anilines is 4. The molecular formula is C36H45N13O4S4. The molecule has 0 unspecified atom stereocenters. The Kier molecular flexibility index (Phi) is 16.0. The monoisotopic (exact) mass is 851 g/mol. The molecule has 302 valence electrons. The molecule has 4 heterocycles. The first-order valence-corrected chi connectivity index (χ1v) is 21.4. The van der Waals surface area contributed by atoms with Crippen LogP contribution >= 0.6 is 46.2 Å². The van der Waals surface area contributed by atoms with Crippen molar-refractivity contribution in [2.24, 2.45) is 18.9 Å². The van der Waals surface area contributed by atoms with Crippen molar-refractivity contribution in [3.8, 4) is 11.5 Å². The lowest BCUT2D eigenvalue weighted by atomic mass is 10.2. The number of urea groups is 2. The van der Waals surface area contributed by atoms with Crippen LogP contribution in [0.25, 0.3) is 0 Å². The number of hydrogen-bond acceptors (Lipinski definition) is 15. The molecule has 2 aromatic carbocycles. The molecule has 17 nitrogen and oxygen atoms in total. The number of aryl methyl sites for hydroxylation is 3. The third kappa shape index (κ3) is 14.3. The molecule has 21 heteroatoms. The number of thiazole rings is 2. The Balaban J connectivity index is 0.000000218. The van der Waals surface area contributed by atoms with Gasteiger partial charge in [0.2, 0.25) is 5.16 Å². The minimum Gasteiger partial charge on any atom is -0.491 e. The zero-order chi connectivity index (χ0) is 40.7. The van der Waals surface area contributed by atoms with Gasteiger partial charge >= 0.3 is 12.1 Å². The van der Waals surface area contributed by atoms with Gasteiger partial charge in [-0.15, -0.1) is 38.0 Å². The standard InChI is InChI=1S/C18H23N7O2S2.C18H22N6O2S2/c1-11(2)9-27-15-7-12(3)5-6-14(15)20-16(26)21-17-19-8-13(29-17)10-28-18-22-23-24-25(18)4;1-11(2)8-26-15-6-12(3)4-5-14(15)22-16(25)23-17-19-7-13(28-17)9-27-18-20-10-21-24-18/h5-8,11H,9-10H2,1-4H3,(H2,19,20,21,26);4-7,10-11H,8-9H2,1-3H3,(H,20,21,24)(H2,19,22,23,25). The van der Waals surface area contributed by atoms with Crippen LogP contribution in [0.4, 0.5) is 31.2 Å². The van der Waals surface area contributed by atoms with Gasteiger partial charge in [-0.3, -0.25) is 10.6 Å². The fraction of sp³-hybridized carbons (Fsp3) is 0.361. The van der Waals surface area contributed by atoms with E-state index in [1.54, 1.807) is 24.1 Å². The van der Waals surface area contributed by atoms with Gasteiger partial charge in [0.1, 0.15) is 17.8 Å². The fourth-order valence-electron chi connectivity index (χ4n) is 4.47. The van der Waals surface area contributed by atoms with Crippen LogP contribution in [0.15, 0.2) is 65.4 Å². The van der Waals surface area contributed by atoms with Crippen LogP contribution in [0.3, 0.4) is 0 Å². The molecule has 0 saturated carbocycles. The van der Waals surface area contributed by atoms with E-state index in [0.29, 0.717) is 69.7 Å². The summed E-state index contributed by atoms with van der Waals surface area (Å²) in [5.41, 5.74) is 3.38. The van der Waals surface area contributed by atoms with Gasteiger partial charge in [-0.2, -0.15) is 0 Å². The summed E-state index contributed by atoms with van der Waals surface area (Å²) in [5, 5.41) is 32.7. The van der Waals surface area contributed by atoms with Gasteiger partial charge in [-0.05, 0) is 71.5 Å². The number of carbonyl (C=O) groups is 2. The van der Waals surface area contributed by atoms with Crippen molar-refractivity contribution < 1.29 is 19.1 Å². The SMILES string of the molecule is Cc1ccc(NC(=O)Nc2ncc(CSc3nnc[nH]3)s2)c(OCC(C)C)c1.Cc1ccc(NC(=O)Nc2ncc(CSc3nnnn3C)s2)c(OCC(C)C)c1. The van der Waals surface area contributed by atoms with Crippen LogP contribution < -0.4 is 30.7 Å². The summed E-state index contributed by atoms with van der Waals surface area (Å²) in [5.74, 6) is 3.46. The summed E-state index contributed by atoms with van der Waals surface area (Å²) in [4.78, 5) is 38.2. The molecule has 0 atom stereocenters. The minimum atomic E-state index is -0.366. The van der Waals surface area contributed by atoms with E-state index < -0.39 is 0 Å². The quantitative estimate of drug-likeness (QED) is 0.0579. The first-order valence-electron chi connectivity index (χ1n) is 17.8. The number of ether oxygens (including phenoxy) is 2. The van der Waals surface area contributed by atoms with Crippen molar-refractivity contribution in [2.45, 2.75) is 63.4 Å². The Morgan fingerprint density at radius 2 is 1.30 bits per heavy atom. The number of carbonyl (C=O) groups excluding carboxylic acids is 2. The molecule has 4 amide bonds. The first-order chi connectivity index (χ1) is 27.4. The fourth-order valence-corrected chi connectivity index (χ4v) is 7.75. The summed E-state index contributed by atoms with van der Waals surface area (Å²) < 4.78 is 13.3. The topological polar surface area (TPSA) is 212 Å². The van der Waals surface area contributed by atoms with Gasteiger partial charge in [-0.25, -0.2) is 24.2 Å². The number of thioether (sulfide) groups is 2. The van der Waals surface area contributed by atoms with E-state index in [-0.39, 0.29) is 12.1 Å². The average molecular weight is 852 g/mol. The van der Waals surface area contributed by atoms with Gasteiger partial charge in [0.05, 0.1) is 24.6 Å². The number of H-pyrrole nitrogens is 1. The molecule has 0 aliphatic heterocycles. The zero-order valence-electron chi connectivity index (χ0n) is 32.5. The Bertz CT molecular complexity index is 2190. The molecule has 6 rings (SSSR count). The number of aromatic nitrogens is 9. The summed E-state index contributed by atoms with van der Waals surface area (Å²) in [6, 6.07) is 10.6. The molecular weight excluding hydrogens is 807 g/mol. The van der Waals surface area contributed by atoms with Crippen LogP contribution in [0.5, 0.6) is 11.5 Å². The molecule has 0 aliphatic carbocycles. The third-order valence-electron chi connectivity index (χ3n) is 7.13. The van der Waals surface area contributed by atoms with Crippen LogP contribution in [0.1, 0.15) is 48.6 Å². The Labute approximate surface area is 347 Å². The van der Waals surface area contributed by atoms with Gasteiger partial charge < -0.3 is 25.1 Å². The van der Waals surface area contributed by atoms with Crippen LogP contribution in [0.2, 0.25) is 0 Å². The number of benzene rings is 2. The predicted molar refractivity (Wildman–Crippen MR) is 227 cm³/mol. The highest BCUT2D eigenvalue weighted by Crippen LogP contribution is 2.30. The largest absolute Gasteiger partial charge is 0.491 e. The molecule has 0 aliphatic rings. The number of hydrogen-bond donors (Lipinski definition) is 5. The maximum absolute atomic E-state index is 12.4. The maximum atomic E-state index is 12.4. The molecule has 5 N–H and O–H groups in total. The summed E-state index contributed by atoms with van der Waals surface area (Å²) in [6.07, 6.45) is 5.02. The number of rotatable bonds is 16. The summed E-state index contributed by atoms with van der Waals surface area (Å²) in [6.45, 7) is 13.4. The first kappa shape index (κ1) is 42.9. The lowest BCUT2D eigenvalue weighted by molar-refractivity contribution is 0.260. The van der Waals surface area contributed by atoms with E-state index in [1.807, 2.05) is 50.2 Å². The highest BCUT2D eigenvalue weighted by molar-refractivity contribution is 7.98. The van der Waals surface area contributed by atoms with Crippen LogP contribution in [-0.4, -0.2) is 70.6 Å². The van der Waals surface area contributed by atoms with E-state index in [9.17, 15) is 9.59 Å². The number of nitrogens with zero attached hydrogens (tertiary/aromatic N) is 8. The lowest BCUT2D eigenvalue weighted by Crippen LogP contribution is -2.20. The number of nitrogens with one attached hydrogen (secondary N) is 5. The number of amides is 4. The molecule has 0 saturated heterocycles. The normalized spacial score (nSPS) is 10.9. The second kappa shape index (κ2) is 21.3. The van der Waals surface area contributed by atoms with E-state index in [0.717, 1.165) is 31.2 Å². The van der Waals surface area contributed by atoms with E-state index in [2.05, 4.69) is 89.6 Å². The van der Waals surface area contributed by atoms with Crippen molar-refractivity contribution >= 4 is 79.9 Å². The predicted octanol–water partition coefficient (Wildman–Crippen LogP) is 8.49.